The van der Waals surface area contributed by atoms with Crippen molar-refractivity contribution in [3.63, 3.8) is 0 Å². The number of nitrogens with zero attached hydrogens (tertiary/aromatic N) is 1. The maximum Gasteiger partial charge on any atom is 0.273 e. The zero-order valence-corrected chi connectivity index (χ0v) is 8.75. The molecule has 0 atom stereocenters. The van der Waals surface area contributed by atoms with E-state index in [-0.39, 0.29) is 0 Å². The average molecular weight is 205 g/mol. The van der Waals surface area contributed by atoms with E-state index in [4.69, 9.17) is 4.74 Å². The molecule has 0 N–H and O–H groups in total. The zero-order valence-electron chi connectivity index (χ0n) is 7.93. The van der Waals surface area contributed by atoms with Gasteiger partial charge in [-0.2, -0.15) is 0 Å². The molecule has 0 saturated carbocycles. The highest BCUT2D eigenvalue weighted by Crippen LogP contribution is 2.16. The molecule has 72 valence electrons. The van der Waals surface area contributed by atoms with Gasteiger partial charge in [-0.15, -0.1) is 0 Å². The van der Waals surface area contributed by atoms with E-state index in [1.54, 1.807) is 6.20 Å². The summed E-state index contributed by atoms with van der Waals surface area (Å²) in [6.07, 6.45) is 1.75. The molecule has 0 fully saturated rings. The molecule has 0 unspecified atom stereocenters. The number of thiazole rings is 1. The second-order valence-corrected chi connectivity index (χ2v) is 3.87. The summed E-state index contributed by atoms with van der Waals surface area (Å²) in [6, 6.07) is 8.21. The predicted molar refractivity (Wildman–Crippen MR) is 57.6 cm³/mol. The fourth-order valence-corrected chi connectivity index (χ4v) is 1.68. The van der Waals surface area contributed by atoms with Crippen molar-refractivity contribution >= 4 is 11.3 Å². The van der Waals surface area contributed by atoms with Crippen molar-refractivity contribution in [3.05, 3.63) is 47.0 Å². The summed E-state index contributed by atoms with van der Waals surface area (Å²) in [5.74, 6) is 0. The number of benzene rings is 1. The molecule has 14 heavy (non-hydrogen) atoms. The van der Waals surface area contributed by atoms with Gasteiger partial charge in [0.2, 0.25) is 0 Å². The van der Waals surface area contributed by atoms with Crippen LogP contribution >= 0.6 is 11.3 Å². The lowest BCUT2D eigenvalue weighted by atomic mass is 10.1. The molecule has 0 amide bonds. The van der Waals surface area contributed by atoms with Crippen LogP contribution in [0.1, 0.15) is 11.1 Å². The fourth-order valence-electron chi connectivity index (χ4n) is 1.19. The molecule has 0 bridgehead atoms. The monoisotopic (exact) mass is 205 g/mol. The van der Waals surface area contributed by atoms with Gasteiger partial charge < -0.3 is 4.74 Å². The Hall–Kier alpha value is -1.35. The van der Waals surface area contributed by atoms with E-state index in [1.165, 1.54) is 22.5 Å². The largest absolute Gasteiger partial charge is 0.465 e. The van der Waals surface area contributed by atoms with Gasteiger partial charge in [0.25, 0.3) is 5.19 Å². The number of hydrogen-bond donors (Lipinski definition) is 0. The maximum absolute atomic E-state index is 5.52. The van der Waals surface area contributed by atoms with Crippen molar-refractivity contribution in [1.29, 1.82) is 0 Å². The normalized spacial score (nSPS) is 10.1. The van der Waals surface area contributed by atoms with E-state index < -0.39 is 0 Å². The van der Waals surface area contributed by atoms with Crippen molar-refractivity contribution in [3.8, 4) is 5.19 Å². The van der Waals surface area contributed by atoms with Crippen LogP contribution < -0.4 is 4.74 Å². The Morgan fingerprint density at radius 2 is 2.21 bits per heavy atom. The molecule has 0 aliphatic rings. The van der Waals surface area contributed by atoms with Gasteiger partial charge in [-0.25, -0.2) is 4.98 Å². The lowest BCUT2D eigenvalue weighted by molar-refractivity contribution is 0.304. The van der Waals surface area contributed by atoms with Crippen LogP contribution in [0, 0.1) is 6.92 Å². The van der Waals surface area contributed by atoms with Gasteiger partial charge >= 0.3 is 0 Å². The second-order valence-electron chi connectivity index (χ2n) is 3.01. The van der Waals surface area contributed by atoms with E-state index in [0.717, 1.165) is 5.19 Å². The molecule has 2 aromatic rings. The molecular weight excluding hydrogens is 194 g/mol. The first-order chi connectivity index (χ1) is 6.86. The van der Waals surface area contributed by atoms with Gasteiger partial charge in [0.1, 0.15) is 6.61 Å². The third-order valence-electron chi connectivity index (χ3n) is 2.02. The van der Waals surface area contributed by atoms with E-state index in [2.05, 4.69) is 24.0 Å². The highest BCUT2D eigenvalue weighted by atomic mass is 32.1. The molecule has 0 aliphatic heterocycles. The number of aromatic nitrogens is 1. The van der Waals surface area contributed by atoms with Gasteiger partial charge in [-0.3, -0.25) is 0 Å². The molecule has 1 heterocycles. The lowest BCUT2D eigenvalue weighted by Crippen LogP contribution is -1.96. The van der Waals surface area contributed by atoms with E-state index in [9.17, 15) is 0 Å². The summed E-state index contributed by atoms with van der Waals surface area (Å²) in [4.78, 5) is 4.06. The summed E-state index contributed by atoms with van der Waals surface area (Å²) in [5.41, 5.74) is 2.46. The van der Waals surface area contributed by atoms with Crippen molar-refractivity contribution in [2.75, 3.05) is 0 Å². The highest BCUT2D eigenvalue weighted by molar-refractivity contribution is 7.11. The van der Waals surface area contributed by atoms with Crippen LogP contribution in [0.4, 0.5) is 0 Å². The minimum Gasteiger partial charge on any atom is -0.465 e. The molecule has 0 saturated heterocycles. The van der Waals surface area contributed by atoms with Crippen LogP contribution in [0.3, 0.4) is 0 Å². The molecule has 0 radical (unpaired) electrons. The summed E-state index contributed by atoms with van der Waals surface area (Å²) in [7, 11) is 0. The Morgan fingerprint density at radius 3 is 2.93 bits per heavy atom. The van der Waals surface area contributed by atoms with Gasteiger partial charge in [-0.1, -0.05) is 35.6 Å². The topological polar surface area (TPSA) is 22.1 Å². The number of ether oxygens (including phenoxy) is 1. The second kappa shape index (κ2) is 4.24. The van der Waals surface area contributed by atoms with Crippen molar-refractivity contribution in [1.82, 2.24) is 4.98 Å². The molecule has 0 aliphatic carbocycles. The molecule has 1 aromatic heterocycles. The molecule has 2 rings (SSSR count). The highest BCUT2D eigenvalue weighted by Gasteiger charge is 1.99. The first-order valence-corrected chi connectivity index (χ1v) is 5.31. The SMILES string of the molecule is Cc1ccccc1COc1nccs1. The Kier molecular flexibility index (Phi) is 2.79. The summed E-state index contributed by atoms with van der Waals surface area (Å²) >= 11 is 1.51. The lowest BCUT2D eigenvalue weighted by Gasteiger charge is -2.05. The minimum absolute atomic E-state index is 0.597. The predicted octanol–water partition coefficient (Wildman–Crippen LogP) is 3.03. The van der Waals surface area contributed by atoms with Crippen molar-refractivity contribution in [2.45, 2.75) is 13.5 Å². The maximum atomic E-state index is 5.52. The van der Waals surface area contributed by atoms with Crippen LogP contribution in [0.15, 0.2) is 35.8 Å². The molecule has 0 spiro atoms. The smallest absolute Gasteiger partial charge is 0.273 e. The zero-order chi connectivity index (χ0) is 9.80. The standard InChI is InChI=1S/C11H11NOS/c1-9-4-2-3-5-10(9)8-13-11-12-6-7-14-11/h2-7H,8H2,1H3. The summed E-state index contributed by atoms with van der Waals surface area (Å²) in [5, 5.41) is 2.64. The Balaban J connectivity index is 2.02. The number of hydrogen-bond acceptors (Lipinski definition) is 3. The first kappa shape index (κ1) is 9.21. The van der Waals surface area contributed by atoms with Crippen LogP contribution in [-0.2, 0) is 6.61 Å². The average Bonchev–Trinajstić information content (AvgIpc) is 2.69. The van der Waals surface area contributed by atoms with Crippen LogP contribution in [0.25, 0.3) is 0 Å². The van der Waals surface area contributed by atoms with Gasteiger partial charge in [-0.05, 0) is 18.1 Å². The van der Waals surface area contributed by atoms with E-state index in [0.29, 0.717) is 6.61 Å². The molecule has 1 aromatic carbocycles. The molecular formula is C11H11NOS. The summed E-state index contributed by atoms with van der Waals surface area (Å²) < 4.78 is 5.52. The van der Waals surface area contributed by atoms with Crippen LogP contribution in [-0.4, -0.2) is 4.98 Å². The Bertz CT molecular complexity index is 397. The fraction of sp³-hybridized carbons (Fsp3) is 0.182. The molecule has 3 heteroatoms. The Morgan fingerprint density at radius 1 is 1.36 bits per heavy atom. The van der Waals surface area contributed by atoms with Crippen molar-refractivity contribution in [2.24, 2.45) is 0 Å². The Labute approximate surface area is 87.2 Å². The first-order valence-electron chi connectivity index (χ1n) is 4.43. The van der Waals surface area contributed by atoms with Gasteiger partial charge in [0, 0.05) is 11.6 Å². The van der Waals surface area contributed by atoms with Gasteiger partial charge in [0.05, 0.1) is 0 Å². The third kappa shape index (κ3) is 2.12. The summed E-state index contributed by atoms with van der Waals surface area (Å²) in [6.45, 7) is 2.68. The number of aryl methyl sites for hydroxylation is 1. The van der Waals surface area contributed by atoms with Gasteiger partial charge in [0.15, 0.2) is 0 Å². The number of rotatable bonds is 3. The van der Waals surface area contributed by atoms with Crippen LogP contribution in [0.2, 0.25) is 0 Å². The third-order valence-corrected chi connectivity index (χ3v) is 2.70. The van der Waals surface area contributed by atoms with E-state index >= 15 is 0 Å². The van der Waals surface area contributed by atoms with Crippen LogP contribution in [0.5, 0.6) is 5.19 Å². The van der Waals surface area contributed by atoms with E-state index in [1.807, 2.05) is 17.5 Å². The quantitative estimate of drug-likeness (QED) is 0.768. The van der Waals surface area contributed by atoms with Crippen molar-refractivity contribution < 1.29 is 4.74 Å². The minimum atomic E-state index is 0.597. The molecule has 2 nitrogen and oxygen atoms in total.